The quantitative estimate of drug-likeness (QED) is 0.812. The maximum Gasteiger partial charge on any atom is 0.254 e. The Hall–Kier alpha value is -1.69. The summed E-state index contributed by atoms with van der Waals surface area (Å²) in [4.78, 5) is 17.0. The van der Waals surface area contributed by atoms with Gasteiger partial charge in [0.2, 0.25) is 0 Å². The molecule has 1 atom stereocenters. The van der Waals surface area contributed by atoms with E-state index in [0.29, 0.717) is 19.6 Å². The van der Waals surface area contributed by atoms with Crippen LogP contribution in [0.4, 0.5) is 0 Å². The van der Waals surface area contributed by atoms with E-state index in [1.54, 1.807) is 0 Å². The average Bonchev–Trinajstić information content (AvgIpc) is 2.80. The van der Waals surface area contributed by atoms with Gasteiger partial charge in [-0.25, -0.2) is 0 Å². The summed E-state index contributed by atoms with van der Waals surface area (Å²) in [7, 11) is 0. The first kappa shape index (κ1) is 18.7. The predicted octanol–water partition coefficient (Wildman–Crippen LogP) is 3.26. The summed E-state index contributed by atoms with van der Waals surface area (Å²) in [6, 6.07) is 14.4. The fourth-order valence-electron chi connectivity index (χ4n) is 4.20. The van der Waals surface area contributed by atoms with Gasteiger partial charge < -0.3 is 10.0 Å². The van der Waals surface area contributed by atoms with Crippen molar-refractivity contribution in [2.24, 2.45) is 0 Å². The number of carbonyl (C=O) groups excluding carboxylic acids is 1. The SMILES string of the molecule is O=C1c2ccc(Br)cc2CCCN1C[C@H](O)CN1CCc2ccccc2C1. The summed E-state index contributed by atoms with van der Waals surface area (Å²) in [5, 5.41) is 10.7. The van der Waals surface area contributed by atoms with Gasteiger partial charge in [0.25, 0.3) is 5.91 Å². The van der Waals surface area contributed by atoms with Gasteiger partial charge in [0, 0.05) is 42.8 Å². The van der Waals surface area contributed by atoms with E-state index in [1.165, 1.54) is 11.1 Å². The second-order valence-electron chi connectivity index (χ2n) is 7.56. The number of halogens is 1. The molecule has 1 amide bonds. The monoisotopic (exact) mass is 428 g/mol. The second-order valence-corrected chi connectivity index (χ2v) is 8.48. The molecule has 0 bridgehead atoms. The van der Waals surface area contributed by atoms with E-state index in [4.69, 9.17) is 0 Å². The highest BCUT2D eigenvalue weighted by atomic mass is 79.9. The number of benzene rings is 2. The number of fused-ring (bicyclic) bond motifs is 2. The van der Waals surface area contributed by atoms with Crippen molar-refractivity contribution in [1.82, 2.24) is 9.80 Å². The Labute approximate surface area is 168 Å². The Morgan fingerprint density at radius 2 is 1.81 bits per heavy atom. The van der Waals surface area contributed by atoms with Crippen LogP contribution in [0.15, 0.2) is 46.9 Å². The van der Waals surface area contributed by atoms with Crippen LogP contribution in [0.2, 0.25) is 0 Å². The summed E-state index contributed by atoms with van der Waals surface area (Å²) >= 11 is 3.49. The van der Waals surface area contributed by atoms with E-state index in [-0.39, 0.29) is 5.91 Å². The largest absolute Gasteiger partial charge is 0.390 e. The molecule has 4 nitrogen and oxygen atoms in total. The molecule has 0 aromatic heterocycles. The lowest BCUT2D eigenvalue weighted by Gasteiger charge is -2.32. The van der Waals surface area contributed by atoms with Gasteiger partial charge in [0.15, 0.2) is 0 Å². The van der Waals surface area contributed by atoms with Gasteiger partial charge in [-0.15, -0.1) is 0 Å². The van der Waals surface area contributed by atoms with Crippen molar-refractivity contribution in [2.75, 3.05) is 26.2 Å². The number of rotatable bonds is 4. The summed E-state index contributed by atoms with van der Waals surface area (Å²) in [5.74, 6) is 0.0399. The molecular formula is C22H25BrN2O2. The van der Waals surface area contributed by atoms with Crippen LogP contribution in [0, 0.1) is 0 Å². The van der Waals surface area contributed by atoms with Crippen LogP contribution in [0.1, 0.15) is 33.5 Å². The van der Waals surface area contributed by atoms with Crippen LogP contribution >= 0.6 is 15.9 Å². The van der Waals surface area contributed by atoms with Crippen LogP contribution in [0.25, 0.3) is 0 Å². The molecule has 27 heavy (non-hydrogen) atoms. The van der Waals surface area contributed by atoms with Crippen LogP contribution in [0.3, 0.4) is 0 Å². The fraction of sp³-hybridized carbons (Fsp3) is 0.409. The lowest BCUT2D eigenvalue weighted by Crippen LogP contribution is -2.44. The molecule has 2 aromatic rings. The third-order valence-corrected chi connectivity index (χ3v) is 6.06. The summed E-state index contributed by atoms with van der Waals surface area (Å²) < 4.78 is 1.01. The van der Waals surface area contributed by atoms with Crippen molar-refractivity contribution >= 4 is 21.8 Å². The minimum Gasteiger partial charge on any atom is -0.390 e. The van der Waals surface area contributed by atoms with Crippen LogP contribution in [-0.4, -0.2) is 53.1 Å². The molecule has 0 aliphatic carbocycles. The Balaban J connectivity index is 1.39. The van der Waals surface area contributed by atoms with E-state index in [1.807, 2.05) is 23.1 Å². The van der Waals surface area contributed by atoms with Crippen molar-refractivity contribution < 1.29 is 9.90 Å². The molecule has 0 unspecified atom stereocenters. The number of β-amino-alcohol motifs (C(OH)–C–C–N with tert-alkyl or cyclic N) is 1. The Kier molecular flexibility index (Phi) is 5.62. The zero-order chi connectivity index (χ0) is 18.8. The first-order valence-corrected chi connectivity index (χ1v) is 10.4. The Morgan fingerprint density at radius 3 is 2.67 bits per heavy atom. The zero-order valence-corrected chi connectivity index (χ0v) is 17.0. The standard InChI is InChI=1S/C22H25BrN2O2/c23-19-7-8-21-17(12-19)6-3-10-25(22(21)27)15-20(26)14-24-11-9-16-4-1-2-5-18(16)13-24/h1-2,4-5,7-8,12,20,26H,3,6,9-11,13-15H2/t20-/m1/s1. The normalized spacial score (nSPS) is 18.6. The molecule has 0 saturated heterocycles. The zero-order valence-electron chi connectivity index (χ0n) is 15.4. The Bertz CT molecular complexity index is 839. The molecule has 5 heteroatoms. The lowest BCUT2D eigenvalue weighted by molar-refractivity contribution is 0.0513. The molecule has 2 aromatic carbocycles. The molecule has 0 radical (unpaired) electrons. The summed E-state index contributed by atoms with van der Waals surface area (Å²) in [6.45, 7) is 3.53. The molecule has 142 valence electrons. The minimum absolute atomic E-state index is 0.0399. The molecule has 2 aliphatic heterocycles. The predicted molar refractivity (Wildman–Crippen MR) is 110 cm³/mol. The van der Waals surface area contributed by atoms with E-state index in [2.05, 4.69) is 45.1 Å². The first-order chi connectivity index (χ1) is 13.1. The number of carbonyl (C=O) groups is 1. The second kappa shape index (κ2) is 8.13. The van der Waals surface area contributed by atoms with Gasteiger partial charge in [-0.3, -0.25) is 9.69 Å². The third kappa shape index (κ3) is 4.26. The Morgan fingerprint density at radius 1 is 1.00 bits per heavy atom. The highest BCUT2D eigenvalue weighted by molar-refractivity contribution is 9.10. The lowest BCUT2D eigenvalue weighted by atomic mass is 10.00. The van der Waals surface area contributed by atoms with E-state index < -0.39 is 6.10 Å². The molecule has 0 saturated carbocycles. The van der Waals surface area contributed by atoms with E-state index >= 15 is 0 Å². The topological polar surface area (TPSA) is 43.8 Å². The average molecular weight is 429 g/mol. The molecular weight excluding hydrogens is 404 g/mol. The summed E-state index contributed by atoms with van der Waals surface area (Å²) in [5.41, 5.74) is 4.63. The number of aliphatic hydroxyl groups is 1. The molecule has 2 heterocycles. The number of aryl methyl sites for hydroxylation is 1. The van der Waals surface area contributed by atoms with Gasteiger partial charge in [0.1, 0.15) is 0 Å². The number of aliphatic hydroxyl groups excluding tert-OH is 1. The number of hydrogen-bond acceptors (Lipinski definition) is 3. The van der Waals surface area contributed by atoms with Gasteiger partial charge in [0.05, 0.1) is 6.10 Å². The number of nitrogens with zero attached hydrogens (tertiary/aromatic N) is 2. The molecule has 4 rings (SSSR count). The van der Waals surface area contributed by atoms with Gasteiger partial charge in [-0.05, 0) is 54.2 Å². The molecule has 2 aliphatic rings. The highest BCUT2D eigenvalue weighted by Crippen LogP contribution is 2.23. The number of amides is 1. The van der Waals surface area contributed by atoms with E-state index in [0.717, 1.165) is 48.0 Å². The third-order valence-electron chi connectivity index (χ3n) is 5.57. The van der Waals surface area contributed by atoms with Gasteiger partial charge >= 0.3 is 0 Å². The minimum atomic E-state index is -0.531. The molecule has 0 spiro atoms. The van der Waals surface area contributed by atoms with Gasteiger partial charge in [-0.1, -0.05) is 40.2 Å². The van der Waals surface area contributed by atoms with Crippen molar-refractivity contribution in [3.05, 3.63) is 69.2 Å². The van der Waals surface area contributed by atoms with Crippen molar-refractivity contribution in [1.29, 1.82) is 0 Å². The highest BCUT2D eigenvalue weighted by Gasteiger charge is 2.26. The maximum absolute atomic E-state index is 12.9. The smallest absolute Gasteiger partial charge is 0.254 e. The number of hydrogen-bond donors (Lipinski definition) is 1. The molecule has 0 fully saturated rings. The van der Waals surface area contributed by atoms with Crippen molar-refractivity contribution in [3.8, 4) is 0 Å². The van der Waals surface area contributed by atoms with Crippen molar-refractivity contribution in [3.63, 3.8) is 0 Å². The van der Waals surface area contributed by atoms with Gasteiger partial charge in [-0.2, -0.15) is 0 Å². The molecule has 1 N–H and O–H groups in total. The van der Waals surface area contributed by atoms with Crippen LogP contribution in [0.5, 0.6) is 0 Å². The summed E-state index contributed by atoms with van der Waals surface area (Å²) in [6.07, 6.45) is 2.32. The van der Waals surface area contributed by atoms with Crippen LogP contribution in [-0.2, 0) is 19.4 Å². The van der Waals surface area contributed by atoms with E-state index in [9.17, 15) is 9.90 Å². The van der Waals surface area contributed by atoms with Crippen LogP contribution < -0.4 is 0 Å². The first-order valence-electron chi connectivity index (χ1n) is 9.65. The van der Waals surface area contributed by atoms with Crippen molar-refractivity contribution in [2.45, 2.75) is 31.9 Å². The maximum atomic E-state index is 12.9. The fourth-order valence-corrected chi connectivity index (χ4v) is 4.61.